The highest BCUT2D eigenvalue weighted by Crippen LogP contribution is 2.70. The lowest BCUT2D eigenvalue weighted by atomic mass is 9.46. The van der Waals surface area contributed by atoms with Gasteiger partial charge in [0.2, 0.25) is 0 Å². The summed E-state index contributed by atoms with van der Waals surface area (Å²) in [6.45, 7) is 1.80. The summed E-state index contributed by atoms with van der Waals surface area (Å²) >= 11 is 0. The third-order valence-electron chi connectivity index (χ3n) is 8.56. The zero-order chi connectivity index (χ0) is 18.3. The Labute approximate surface area is 153 Å². The zero-order valence-electron chi connectivity index (χ0n) is 15.2. The summed E-state index contributed by atoms with van der Waals surface area (Å²) in [6, 6.07) is 0. The smallest absolute Gasteiger partial charge is 0.162 e. The molecule has 1 aliphatic heterocycles. The Morgan fingerprint density at radius 2 is 2.19 bits per heavy atom. The molecule has 1 radical (unpaired) electrons. The van der Waals surface area contributed by atoms with E-state index in [0.717, 1.165) is 31.3 Å². The maximum absolute atomic E-state index is 12.4. The average Bonchev–Trinajstić information content (AvgIpc) is 3.14. The monoisotopic (exact) mass is 359 g/mol. The summed E-state index contributed by atoms with van der Waals surface area (Å²) in [6.07, 6.45) is 7.69. The zero-order valence-corrected chi connectivity index (χ0v) is 15.2. The number of ketones is 2. The molecule has 0 aromatic heterocycles. The highest BCUT2D eigenvalue weighted by molar-refractivity contribution is 5.92. The van der Waals surface area contributed by atoms with E-state index >= 15 is 0 Å². The van der Waals surface area contributed by atoms with E-state index in [9.17, 15) is 19.8 Å². The number of carbonyl (C=O) groups is 2. The van der Waals surface area contributed by atoms with Gasteiger partial charge < -0.3 is 14.9 Å². The van der Waals surface area contributed by atoms with Gasteiger partial charge in [0.05, 0.1) is 6.10 Å². The number of aliphatic hydroxyl groups is 2. The Morgan fingerprint density at radius 1 is 1.38 bits per heavy atom. The van der Waals surface area contributed by atoms with Crippen molar-refractivity contribution in [2.75, 3.05) is 6.61 Å². The molecule has 4 aliphatic carbocycles. The number of rotatable bonds is 2. The van der Waals surface area contributed by atoms with Crippen LogP contribution >= 0.6 is 0 Å². The topological polar surface area (TPSA) is 83.8 Å². The summed E-state index contributed by atoms with van der Waals surface area (Å²) in [4.78, 5) is 24.3. The summed E-state index contributed by atoms with van der Waals surface area (Å²) in [5.74, 6) is 0.663. The van der Waals surface area contributed by atoms with E-state index in [1.165, 1.54) is 0 Å². The Bertz CT molecular complexity index is 699. The maximum atomic E-state index is 12.4. The highest BCUT2D eigenvalue weighted by Gasteiger charge is 2.71. The molecular weight excluding hydrogens is 332 g/mol. The molecule has 3 saturated carbocycles. The van der Waals surface area contributed by atoms with Crippen molar-refractivity contribution in [3.63, 3.8) is 0 Å². The van der Waals surface area contributed by atoms with Gasteiger partial charge in [0, 0.05) is 17.8 Å². The molecule has 2 N–H and O–H groups in total. The minimum atomic E-state index is -0.924. The average molecular weight is 359 g/mol. The molecule has 1 heterocycles. The second-order valence-electron chi connectivity index (χ2n) is 9.32. The Kier molecular flexibility index (Phi) is 3.61. The molecule has 0 amide bonds. The Hall–Kier alpha value is -1.04. The predicted octanol–water partition coefficient (Wildman–Crippen LogP) is 1.82. The quantitative estimate of drug-likeness (QED) is 0.786. The molecule has 5 aliphatic rings. The number of hydrogen-bond acceptors (Lipinski definition) is 5. The fraction of sp³-hybridized carbons (Fsp3) is 0.762. The van der Waals surface area contributed by atoms with Crippen molar-refractivity contribution >= 4 is 11.6 Å². The number of carbonyl (C=O) groups excluding carboxylic acids is 2. The molecule has 5 rings (SSSR count). The third-order valence-corrected chi connectivity index (χ3v) is 8.56. The molecular formula is C21H27O5. The number of ether oxygens (including phenoxy) is 1. The number of aliphatic hydroxyl groups excluding tert-OH is 2. The van der Waals surface area contributed by atoms with Crippen molar-refractivity contribution in [2.24, 2.45) is 34.5 Å². The van der Waals surface area contributed by atoms with Crippen molar-refractivity contribution in [2.45, 2.75) is 57.8 Å². The molecule has 5 nitrogen and oxygen atoms in total. The Morgan fingerprint density at radius 3 is 2.96 bits per heavy atom. The van der Waals surface area contributed by atoms with E-state index in [2.05, 4.69) is 13.3 Å². The van der Waals surface area contributed by atoms with Crippen LogP contribution in [0.1, 0.15) is 45.4 Å². The number of fused-ring (bicyclic) bond motifs is 6. The molecule has 141 valence electrons. The van der Waals surface area contributed by atoms with Crippen LogP contribution in [0.2, 0.25) is 0 Å². The van der Waals surface area contributed by atoms with Crippen LogP contribution in [0.4, 0.5) is 0 Å². The fourth-order valence-electron chi connectivity index (χ4n) is 7.55. The summed E-state index contributed by atoms with van der Waals surface area (Å²) in [5, 5.41) is 20.3. The molecule has 8 atom stereocenters. The van der Waals surface area contributed by atoms with E-state index in [1.54, 1.807) is 0 Å². The van der Waals surface area contributed by atoms with Gasteiger partial charge in [-0.15, -0.1) is 0 Å². The van der Waals surface area contributed by atoms with Crippen molar-refractivity contribution in [3.05, 3.63) is 18.1 Å². The van der Waals surface area contributed by atoms with Crippen molar-refractivity contribution in [3.8, 4) is 0 Å². The van der Waals surface area contributed by atoms with Crippen LogP contribution in [0.25, 0.3) is 0 Å². The van der Waals surface area contributed by atoms with E-state index in [0.29, 0.717) is 18.8 Å². The van der Waals surface area contributed by atoms with E-state index in [-0.39, 0.29) is 40.8 Å². The van der Waals surface area contributed by atoms with Gasteiger partial charge in [-0.1, -0.05) is 12.5 Å². The van der Waals surface area contributed by atoms with Crippen molar-refractivity contribution < 1.29 is 24.5 Å². The van der Waals surface area contributed by atoms with E-state index in [1.807, 2.05) is 6.08 Å². The van der Waals surface area contributed by atoms with E-state index < -0.39 is 18.3 Å². The molecule has 0 aromatic rings. The van der Waals surface area contributed by atoms with Gasteiger partial charge in [-0.3, -0.25) is 9.59 Å². The Balaban J connectivity index is 1.57. The maximum Gasteiger partial charge on any atom is 0.162 e. The second-order valence-corrected chi connectivity index (χ2v) is 9.32. The van der Waals surface area contributed by atoms with Crippen LogP contribution in [0.3, 0.4) is 0 Å². The van der Waals surface area contributed by atoms with Gasteiger partial charge in [0.15, 0.2) is 17.9 Å². The minimum absolute atomic E-state index is 0.0753. The largest absolute Gasteiger partial charge is 0.389 e. The van der Waals surface area contributed by atoms with Gasteiger partial charge >= 0.3 is 0 Å². The number of allylic oxidation sites excluding steroid dienone is 1. The summed E-state index contributed by atoms with van der Waals surface area (Å²) in [7, 11) is 0. The highest BCUT2D eigenvalue weighted by atomic mass is 16.6. The number of hydrogen-bond donors (Lipinski definition) is 2. The lowest BCUT2D eigenvalue weighted by molar-refractivity contribution is -0.160. The van der Waals surface area contributed by atoms with Gasteiger partial charge in [0.25, 0.3) is 0 Å². The van der Waals surface area contributed by atoms with Crippen molar-refractivity contribution in [1.29, 1.82) is 0 Å². The molecule has 2 bridgehead atoms. The standard InChI is InChI=1S/C21H27O5/c1-20-7-6-12(23)8-11(20)2-3-13-14-4-5-15(16(24)10-22)21(14)9-17(18(13)20)26-19(21)25/h2,8,13-15,17-19,22,25H,3-7,9-10H2,1H3/t13-,14-,15+,17?,18+,19-,20-,21+/m0/s1. The first-order chi connectivity index (χ1) is 12.4. The molecule has 5 heteroatoms. The molecule has 1 unspecified atom stereocenters. The van der Waals surface area contributed by atoms with Crippen LogP contribution in [-0.4, -0.2) is 40.8 Å². The summed E-state index contributed by atoms with van der Waals surface area (Å²) in [5.41, 5.74) is 0.534. The molecule has 1 spiro atoms. The first kappa shape index (κ1) is 17.1. The van der Waals surface area contributed by atoms with Gasteiger partial charge in [-0.2, -0.15) is 0 Å². The van der Waals surface area contributed by atoms with Crippen LogP contribution in [0.5, 0.6) is 0 Å². The molecule has 4 fully saturated rings. The van der Waals surface area contributed by atoms with Gasteiger partial charge in [-0.25, -0.2) is 0 Å². The lowest BCUT2D eigenvalue weighted by Gasteiger charge is -2.57. The normalized spacial score (nSPS) is 52.1. The summed E-state index contributed by atoms with van der Waals surface area (Å²) < 4.78 is 6.12. The molecule has 26 heavy (non-hydrogen) atoms. The second kappa shape index (κ2) is 5.49. The van der Waals surface area contributed by atoms with Gasteiger partial charge in [-0.05, 0) is 67.8 Å². The van der Waals surface area contributed by atoms with Crippen molar-refractivity contribution in [1.82, 2.24) is 0 Å². The fourth-order valence-corrected chi connectivity index (χ4v) is 7.55. The van der Waals surface area contributed by atoms with Gasteiger partial charge in [0.1, 0.15) is 6.61 Å². The SMILES string of the molecule is C[C@]12CCC(=O)C=C1[CH]C[C@H]1[C@@H]3CC[C@H](C(=O)CO)[C@@]34CC(O[C@@H]4O)[C@@H]12. The molecule has 1 saturated heterocycles. The van der Waals surface area contributed by atoms with Crippen LogP contribution in [-0.2, 0) is 14.3 Å². The lowest BCUT2D eigenvalue weighted by Crippen LogP contribution is -2.55. The first-order valence-corrected chi connectivity index (χ1v) is 9.97. The third kappa shape index (κ3) is 1.92. The van der Waals surface area contributed by atoms with Crippen LogP contribution < -0.4 is 0 Å². The first-order valence-electron chi connectivity index (χ1n) is 9.97. The van der Waals surface area contributed by atoms with E-state index in [4.69, 9.17) is 4.74 Å². The van der Waals surface area contributed by atoms with Crippen LogP contribution in [0, 0.1) is 40.9 Å². The predicted molar refractivity (Wildman–Crippen MR) is 92.6 cm³/mol. The minimum Gasteiger partial charge on any atom is -0.389 e. The molecule has 0 aromatic carbocycles. The number of Topliss-reactive ketones (excluding diaryl/α,β-unsaturated/α-hetero) is 1. The van der Waals surface area contributed by atoms with Crippen LogP contribution in [0.15, 0.2) is 11.6 Å².